The molecule has 0 saturated heterocycles. The van der Waals surface area contributed by atoms with E-state index in [1.165, 1.54) is 4.90 Å². The number of fused-ring (bicyclic) bond motifs is 1. The molecule has 2 aromatic rings. The number of primary amides is 1. The molecule has 2 heterocycles. The van der Waals surface area contributed by atoms with Gasteiger partial charge < -0.3 is 21.5 Å². The van der Waals surface area contributed by atoms with Crippen LogP contribution in [0.3, 0.4) is 0 Å². The third-order valence-electron chi connectivity index (χ3n) is 5.14. The minimum atomic E-state index is -1.08. The van der Waals surface area contributed by atoms with Crippen molar-refractivity contribution in [3.63, 3.8) is 0 Å². The summed E-state index contributed by atoms with van der Waals surface area (Å²) in [6.07, 6.45) is -0.361. The molecule has 0 fully saturated rings. The monoisotopic (exact) mass is 400 g/mol. The van der Waals surface area contributed by atoms with Crippen LogP contribution < -0.4 is 11.5 Å². The summed E-state index contributed by atoms with van der Waals surface area (Å²) in [7, 11) is 0. The van der Waals surface area contributed by atoms with Gasteiger partial charge in [-0.25, -0.2) is 9.37 Å². The Bertz CT molecular complexity index is 1000. The van der Waals surface area contributed by atoms with Gasteiger partial charge in [0, 0.05) is 17.5 Å². The predicted molar refractivity (Wildman–Crippen MR) is 103 cm³/mol. The minimum absolute atomic E-state index is 0.0726. The summed E-state index contributed by atoms with van der Waals surface area (Å²) in [4.78, 5) is 41.1. The van der Waals surface area contributed by atoms with Crippen molar-refractivity contribution in [1.82, 2.24) is 9.88 Å². The quantitative estimate of drug-likeness (QED) is 0.678. The predicted octanol–water partition coefficient (Wildman–Crippen LogP) is 2.01. The molecule has 0 aliphatic carbocycles. The highest BCUT2D eigenvalue weighted by molar-refractivity contribution is 6.02. The fraction of sp³-hybridized carbons (Fsp3) is 0.300. The molecule has 1 aromatic heterocycles. The van der Waals surface area contributed by atoms with Crippen molar-refractivity contribution in [3.8, 4) is 11.3 Å². The number of aliphatic carboxylic acids is 1. The Kier molecular flexibility index (Phi) is 5.23. The largest absolute Gasteiger partial charge is 0.481 e. The van der Waals surface area contributed by atoms with Crippen molar-refractivity contribution < 1.29 is 23.9 Å². The van der Waals surface area contributed by atoms with E-state index in [0.29, 0.717) is 27.9 Å². The van der Waals surface area contributed by atoms with Gasteiger partial charge in [0.2, 0.25) is 5.91 Å². The van der Waals surface area contributed by atoms with Crippen LogP contribution in [0.2, 0.25) is 0 Å². The number of nitrogen functional groups attached to an aromatic ring is 1. The number of benzene rings is 1. The molecule has 0 radical (unpaired) electrons. The number of pyridine rings is 1. The van der Waals surface area contributed by atoms with E-state index in [1.54, 1.807) is 38.1 Å². The van der Waals surface area contributed by atoms with Gasteiger partial charge in [0.15, 0.2) is 11.6 Å². The van der Waals surface area contributed by atoms with Crippen LogP contribution in [0, 0.1) is 12.7 Å². The highest BCUT2D eigenvalue weighted by Gasteiger charge is 2.40. The van der Waals surface area contributed by atoms with Crippen LogP contribution in [0.15, 0.2) is 24.3 Å². The second kappa shape index (κ2) is 7.50. The van der Waals surface area contributed by atoms with E-state index in [-0.39, 0.29) is 18.7 Å². The molecule has 2 atom stereocenters. The van der Waals surface area contributed by atoms with E-state index in [1.807, 2.05) is 0 Å². The zero-order valence-corrected chi connectivity index (χ0v) is 16.0. The maximum atomic E-state index is 13.8. The van der Waals surface area contributed by atoms with E-state index in [9.17, 15) is 18.8 Å². The zero-order chi connectivity index (χ0) is 21.5. The Balaban J connectivity index is 1.99. The fourth-order valence-electron chi connectivity index (χ4n) is 3.65. The minimum Gasteiger partial charge on any atom is -0.481 e. The molecule has 0 saturated carbocycles. The maximum absolute atomic E-state index is 13.8. The highest BCUT2D eigenvalue weighted by Crippen LogP contribution is 2.38. The summed E-state index contributed by atoms with van der Waals surface area (Å²) < 4.78 is 13.8. The molecule has 29 heavy (non-hydrogen) atoms. The summed E-state index contributed by atoms with van der Waals surface area (Å²) in [6.45, 7) is 3.32. The number of carboxylic acids is 1. The van der Waals surface area contributed by atoms with Gasteiger partial charge in [0.1, 0.15) is 6.04 Å². The smallest absolute Gasteiger partial charge is 0.303 e. The van der Waals surface area contributed by atoms with Gasteiger partial charge in [-0.05, 0) is 49.6 Å². The average Bonchev–Trinajstić information content (AvgIpc) is 2.90. The van der Waals surface area contributed by atoms with Gasteiger partial charge in [-0.3, -0.25) is 14.4 Å². The van der Waals surface area contributed by atoms with Gasteiger partial charge in [0.25, 0.3) is 5.91 Å². The molecule has 9 heteroatoms. The SMILES string of the molecule is Cc1cc(-c2ccc3c(c2)C(C)N(C(CCC(=O)O)C(N)=O)C3=O)nc(N)c1F. The lowest BCUT2D eigenvalue weighted by atomic mass is 9.99. The van der Waals surface area contributed by atoms with Crippen molar-refractivity contribution in [2.75, 3.05) is 5.73 Å². The van der Waals surface area contributed by atoms with Gasteiger partial charge >= 0.3 is 5.97 Å². The van der Waals surface area contributed by atoms with Crippen LogP contribution in [0.25, 0.3) is 11.3 Å². The van der Waals surface area contributed by atoms with Crippen molar-refractivity contribution in [2.24, 2.45) is 5.73 Å². The Hall–Kier alpha value is -3.49. The van der Waals surface area contributed by atoms with Crippen LogP contribution in [0.5, 0.6) is 0 Å². The fourth-order valence-corrected chi connectivity index (χ4v) is 3.65. The molecule has 1 aromatic carbocycles. The van der Waals surface area contributed by atoms with Crippen LogP contribution in [-0.4, -0.2) is 38.8 Å². The first-order chi connectivity index (χ1) is 13.6. The molecular weight excluding hydrogens is 379 g/mol. The Morgan fingerprint density at radius 2 is 2.03 bits per heavy atom. The van der Waals surface area contributed by atoms with Crippen LogP contribution in [0.1, 0.15) is 47.3 Å². The van der Waals surface area contributed by atoms with Crippen molar-refractivity contribution >= 4 is 23.6 Å². The van der Waals surface area contributed by atoms with E-state index in [2.05, 4.69) is 4.98 Å². The number of aromatic nitrogens is 1. The summed E-state index contributed by atoms with van der Waals surface area (Å²) in [5, 5.41) is 8.92. The van der Waals surface area contributed by atoms with Crippen molar-refractivity contribution in [2.45, 2.75) is 38.8 Å². The van der Waals surface area contributed by atoms with Crippen molar-refractivity contribution in [1.29, 1.82) is 0 Å². The number of aryl methyl sites for hydroxylation is 1. The number of hydrogen-bond acceptors (Lipinski definition) is 5. The molecule has 1 aliphatic rings. The van der Waals surface area contributed by atoms with E-state index in [0.717, 1.165) is 0 Å². The summed E-state index contributed by atoms with van der Waals surface area (Å²) >= 11 is 0. The maximum Gasteiger partial charge on any atom is 0.303 e. The number of hydrogen-bond donors (Lipinski definition) is 3. The number of carbonyl (C=O) groups is 3. The van der Waals surface area contributed by atoms with E-state index < -0.39 is 35.7 Å². The number of carboxylic acid groups (broad SMARTS) is 1. The molecule has 0 spiro atoms. The standard InChI is InChI=1S/C20H21FN4O4/c1-9-7-14(24-18(22)17(9)21)11-3-4-12-13(8-11)10(2)25(20(12)29)15(19(23)28)5-6-16(26)27/h3-4,7-8,10,15H,5-6H2,1-2H3,(H2,22,24)(H2,23,28)(H,26,27). The molecule has 0 bridgehead atoms. The van der Waals surface area contributed by atoms with Crippen LogP contribution in [0.4, 0.5) is 10.2 Å². The first-order valence-electron chi connectivity index (χ1n) is 9.02. The summed E-state index contributed by atoms with van der Waals surface area (Å²) in [5.41, 5.74) is 13.6. The Labute approximate surface area is 166 Å². The Morgan fingerprint density at radius 1 is 1.34 bits per heavy atom. The molecule has 2 amide bonds. The van der Waals surface area contributed by atoms with Gasteiger partial charge in [-0.2, -0.15) is 0 Å². The van der Waals surface area contributed by atoms with Crippen LogP contribution >= 0.6 is 0 Å². The second-order valence-electron chi connectivity index (χ2n) is 7.06. The number of rotatable bonds is 6. The van der Waals surface area contributed by atoms with E-state index >= 15 is 0 Å². The molecule has 8 nitrogen and oxygen atoms in total. The molecule has 5 N–H and O–H groups in total. The van der Waals surface area contributed by atoms with E-state index in [4.69, 9.17) is 16.6 Å². The molecular formula is C20H21FN4O4. The number of nitrogens with zero attached hydrogens (tertiary/aromatic N) is 2. The normalized spacial score (nSPS) is 16.6. The number of anilines is 1. The summed E-state index contributed by atoms with van der Waals surface area (Å²) in [6, 6.07) is 5.05. The number of halogens is 1. The lowest BCUT2D eigenvalue weighted by molar-refractivity contribution is -0.137. The van der Waals surface area contributed by atoms with Crippen molar-refractivity contribution in [3.05, 3.63) is 46.8 Å². The average molecular weight is 400 g/mol. The molecule has 152 valence electrons. The first-order valence-corrected chi connectivity index (χ1v) is 9.02. The Morgan fingerprint density at radius 3 is 2.62 bits per heavy atom. The lowest BCUT2D eigenvalue weighted by Gasteiger charge is -2.29. The molecule has 2 unspecified atom stereocenters. The number of amides is 2. The second-order valence-corrected chi connectivity index (χ2v) is 7.06. The van der Waals surface area contributed by atoms with Gasteiger partial charge in [-0.1, -0.05) is 6.07 Å². The van der Waals surface area contributed by atoms with Gasteiger partial charge in [-0.15, -0.1) is 0 Å². The molecule has 1 aliphatic heterocycles. The van der Waals surface area contributed by atoms with Crippen LogP contribution in [-0.2, 0) is 9.59 Å². The lowest BCUT2D eigenvalue weighted by Crippen LogP contribution is -2.46. The summed E-state index contributed by atoms with van der Waals surface area (Å²) in [5.74, 6) is -3.02. The molecule has 3 rings (SSSR count). The third-order valence-corrected chi connectivity index (χ3v) is 5.14. The topological polar surface area (TPSA) is 140 Å². The number of carbonyl (C=O) groups excluding carboxylic acids is 2. The third kappa shape index (κ3) is 3.63. The first kappa shape index (κ1) is 20.2. The van der Waals surface area contributed by atoms with Gasteiger partial charge in [0.05, 0.1) is 11.7 Å². The zero-order valence-electron chi connectivity index (χ0n) is 16.0. The highest BCUT2D eigenvalue weighted by atomic mass is 19.1. The number of nitrogens with two attached hydrogens (primary N) is 2.